The van der Waals surface area contributed by atoms with E-state index in [9.17, 15) is 10.1 Å². The Kier molecular flexibility index (Phi) is 4.55. The second-order valence-corrected chi connectivity index (χ2v) is 5.01. The molecule has 1 aromatic rings. The van der Waals surface area contributed by atoms with Crippen molar-refractivity contribution in [1.82, 2.24) is 4.98 Å². The maximum absolute atomic E-state index is 10.9. The first kappa shape index (κ1) is 14.0. The van der Waals surface area contributed by atoms with Crippen LogP contribution in [0, 0.1) is 10.1 Å². The number of hydrogen-bond donors (Lipinski definition) is 1. The van der Waals surface area contributed by atoms with Gasteiger partial charge in [-0.2, -0.15) is 0 Å². The van der Waals surface area contributed by atoms with Crippen molar-refractivity contribution in [3.63, 3.8) is 0 Å². The second kappa shape index (κ2) is 6.16. The third-order valence-corrected chi connectivity index (χ3v) is 3.54. The van der Waals surface area contributed by atoms with E-state index in [2.05, 4.69) is 4.98 Å². The largest absolute Gasteiger partial charge is 0.396 e. The molecule has 1 heterocycles. The number of aromatic nitrogens is 1. The van der Waals surface area contributed by atoms with Crippen LogP contribution in [0.15, 0.2) is 12.1 Å². The maximum atomic E-state index is 10.9. The van der Waals surface area contributed by atoms with E-state index in [4.69, 9.17) is 16.7 Å². The minimum atomic E-state index is -0.470. The molecule has 1 aliphatic rings. The van der Waals surface area contributed by atoms with Gasteiger partial charge in [0.2, 0.25) is 0 Å². The Morgan fingerprint density at radius 2 is 2.26 bits per heavy atom. The van der Waals surface area contributed by atoms with Gasteiger partial charge in [0.1, 0.15) is 11.0 Å². The molecule has 6 nitrogen and oxygen atoms in total. The van der Waals surface area contributed by atoms with E-state index in [1.165, 1.54) is 12.1 Å². The van der Waals surface area contributed by atoms with Gasteiger partial charge in [0.25, 0.3) is 5.69 Å². The van der Waals surface area contributed by atoms with Crippen LogP contribution in [0.4, 0.5) is 11.5 Å². The normalized spacial score (nSPS) is 15.1. The van der Waals surface area contributed by atoms with Gasteiger partial charge in [-0.3, -0.25) is 10.1 Å². The molecule has 0 spiro atoms. The van der Waals surface area contributed by atoms with Crippen LogP contribution in [0.25, 0.3) is 0 Å². The molecule has 0 saturated heterocycles. The van der Waals surface area contributed by atoms with Crippen LogP contribution in [-0.4, -0.2) is 34.2 Å². The molecule has 19 heavy (non-hydrogen) atoms. The molecular weight excluding hydrogens is 270 g/mol. The molecule has 0 amide bonds. The lowest BCUT2D eigenvalue weighted by Crippen LogP contribution is -2.41. The van der Waals surface area contributed by atoms with Crippen molar-refractivity contribution in [3.05, 3.63) is 27.4 Å². The smallest absolute Gasteiger partial charge is 0.276 e. The van der Waals surface area contributed by atoms with Gasteiger partial charge >= 0.3 is 0 Å². The quantitative estimate of drug-likeness (QED) is 0.493. The van der Waals surface area contributed by atoms with Gasteiger partial charge in [0.05, 0.1) is 17.1 Å². The van der Waals surface area contributed by atoms with Crippen LogP contribution >= 0.6 is 11.6 Å². The van der Waals surface area contributed by atoms with Gasteiger partial charge in [0.15, 0.2) is 0 Å². The van der Waals surface area contributed by atoms with Gasteiger partial charge < -0.3 is 10.0 Å². The summed E-state index contributed by atoms with van der Waals surface area (Å²) in [4.78, 5) is 16.6. The van der Waals surface area contributed by atoms with Gasteiger partial charge in [-0.05, 0) is 25.7 Å². The molecule has 0 bridgehead atoms. The number of nitro groups is 1. The third-order valence-electron chi connectivity index (χ3n) is 3.34. The Morgan fingerprint density at radius 3 is 2.79 bits per heavy atom. The minimum absolute atomic E-state index is 0.0525. The lowest BCUT2D eigenvalue weighted by Gasteiger charge is -2.38. The number of anilines is 1. The highest BCUT2D eigenvalue weighted by Gasteiger charge is 2.27. The number of nitrogens with zero attached hydrogens (tertiary/aromatic N) is 3. The van der Waals surface area contributed by atoms with Gasteiger partial charge in [-0.25, -0.2) is 4.98 Å². The molecule has 0 unspecified atom stereocenters. The number of aliphatic hydroxyl groups excluding tert-OH is 1. The van der Waals surface area contributed by atoms with Crippen LogP contribution in [-0.2, 0) is 0 Å². The summed E-state index contributed by atoms with van der Waals surface area (Å²) in [7, 11) is 0. The molecule has 1 aliphatic carbocycles. The predicted molar refractivity (Wildman–Crippen MR) is 72.6 cm³/mol. The van der Waals surface area contributed by atoms with E-state index in [-0.39, 0.29) is 17.4 Å². The summed E-state index contributed by atoms with van der Waals surface area (Å²) in [6.45, 7) is 0.720. The number of pyridine rings is 1. The number of aliphatic hydroxyl groups is 1. The van der Waals surface area contributed by atoms with Crippen LogP contribution in [0.1, 0.15) is 25.7 Å². The summed E-state index contributed by atoms with van der Waals surface area (Å²) >= 11 is 5.85. The van der Waals surface area contributed by atoms with Crippen molar-refractivity contribution < 1.29 is 10.0 Å². The average Bonchev–Trinajstić information content (AvgIpc) is 2.31. The molecule has 0 aliphatic heterocycles. The van der Waals surface area contributed by atoms with E-state index in [0.717, 1.165) is 19.3 Å². The van der Waals surface area contributed by atoms with Crippen LogP contribution in [0.2, 0.25) is 5.15 Å². The van der Waals surface area contributed by atoms with Gasteiger partial charge in [-0.15, -0.1) is 0 Å². The van der Waals surface area contributed by atoms with E-state index < -0.39 is 4.92 Å². The Hall–Kier alpha value is -1.40. The molecule has 1 fully saturated rings. The Morgan fingerprint density at radius 1 is 1.53 bits per heavy atom. The van der Waals surface area contributed by atoms with Crippen molar-refractivity contribution in [2.75, 3.05) is 18.1 Å². The summed E-state index contributed by atoms with van der Waals surface area (Å²) in [6, 6.07) is 3.04. The highest BCUT2D eigenvalue weighted by molar-refractivity contribution is 6.29. The van der Waals surface area contributed by atoms with Crippen molar-refractivity contribution in [2.24, 2.45) is 0 Å². The predicted octanol–water partition coefficient (Wildman–Crippen LogP) is 2.38. The molecule has 1 saturated carbocycles. The Bertz CT molecular complexity index is 466. The van der Waals surface area contributed by atoms with Gasteiger partial charge in [0, 0.05) is 19.2 Å². The molecule has 1 N–H and O–H groups in total. The fourth-order valence-electron chi connectivity index (χ4n) is 2.15. The summed E-state index contributed by atoms with van der Waals surface area (Å²) < 4.78 is 0. The van der Waals surface area contributed by atoms with Crippen molar-refractivity contribution in [2.45, 2.75) is 31.7 Å². The molecule has 2 rings (SSSR count). The minimum Gasteiger partial charge on any atom is -0.396 e. The highest BCUT2D eigenvalue weighted by Crippen LogP contribution is 2.31. The first-order chi connectivity index (χ1) is 9.11. The van der Waals surface area contributed by atoms with E-state index in [1.54, 1.807) is 0 Å². The Balaban J connectivity index is 2.26. The summed E-state index contributed by atoms with van der Waals surface area (Å²) in [5.41, 5.74) is -0.0525. The lowest BCUT2D eigenvalue weighted by molar-refractivity contribution is -0.384. The Labute approximate surface area is 116 Å². The fraction of sp³-hybridized carbons (Fsp3) is 0.583. The molecule has 0 atom stereocenters. The zero-order chi connectivity index (χ0) is 13.8. The topological polar surface area (TPSA) is 79.5 Å². The summed E-state index contributed by atoms with van der Waals surface area (Å²) in [6.07, 6.45) is 3.86. The average molecular weight is 286 g/mol. The van der Waals surface area contributed by atoms with Crippen molar-refractivity contribution in [1.29, 1.82) is 0 Å². The summed E-state index contributed by atoms with van der Waals surface area (Å²) in [5, 5.41) is 19.9. The van der Waals surface area contributed by atoms with Crippen molar-refractivity contribution >= 4 is 23.1 Å². The van der Waals surface area contributed by atoms with Crippen LogP contribution < -0.4 is 4.90 Å². The van der Waals surface area contributed by atoms with E-state index in [0.29, 0.717) is 24.8 Å². The first-order valence-corrected chi connectivity index (χ1v) is 6.69. The standard InChI is InChI=1S/C12H16ClN3O3/c13-11-7-10(16(18)19)8-12(14-11)15(5-2-6-17)9-3-1-4-9/h7-9,17H,1-6H2. The van der Waals surface area contributed by atoms with Gasteiger partial charge in [-0.1, -0.05) is 11.6 Å². The molecule has 0 radical (unpaired) electrons. The molecule has 7 heteroatoms. The molecular formula is C12H16ClN3O3. The number of rotatable bonds is 6. The third kappa shape index (κ3) is 3.33. The maximum Gasteiger partial charge on any atom is 0.276 e. The zero-order valence-electron chi connectivity index (χ0n) is 10.5. The molecule has 104 valence electrons. The lowest BCUT2D eigenvalue weighted by atomic mass is 9.91. The monoisotopic (exact) mass is 285 g/mol. The number of halogens is 1. The fourth-order valence-corrected chi connectivity index (χ4v) is 2.34. The highest BCUT2D eigenvalue weighted by atomic mass is 35.5. The molecule has 0 aromatic carbocycles. The number of hydrogen-bond acceptors (Lipinski definition) is 5. The van der Waals surface area contributed by atoms with E-state index >= 15 is 0 Å². The SMILES string of the molecule is O=[N+]([O-])c1cc(Cl)nc(N(CCCO)C2CCC2)c1. The molecule has 1 aromatic heterocycles. The zero-order valence-corrected chi connectivity index (χ0v) is 11.2. The van der Waals surface area contributed by atoms with Crippen molar-refractivity contribution in [3.8, 4) is 0 Å². The van der Waals surface area contributed by atoms with Crippen LogP contribution in [0.5, 0.6) is 0 Å². The van der Waals surface area contributed by atoms with Crippen LogP contribution in [0.3, 0.4) is 0 Å². The van der Waals surface area contributed by atoms with E-state index in [1.807, 2.05) is 4.90 Å². The first-order valence-electron chi connectivity index (χ1n) is 6.31. The summed E-state index contributed by atoms with van der Waals surface area (Å²) in [5.74, 6) is 0.525. The second-order valence-electron chi connectivity index (χ2n) is 4.62.